The Morgan fingerprint density at radius 1 is 1.19 bits per heavy atom. The largest absolute Gasteiger partial charge is 0.379 e. The SMILES string of the molecule is CN=C(NCCOCCS(C)(=O)=O)NC(C)CCC(C)C. The lowest BCUT2D eigenvalue weighted by Gasteiger charge is -2.18. The molecule has 6 nitrogen and oxygen atoms in total. The van der Waals surface area contributed by atoms with Crippen molar-refractivity contribution in [3.63, 3.8) is 0 Å². The zero-order valence-corrected chi connectivity index (χ0v) is 14.8. The van der Waals surface area contributed by atoms with Crippen molar-refractivity contribution in [1.29, 1.82) is 0 Å². The van der Waals surface area contributed by atoms with E-state index < -0.39 is 9.84 Å². The number of rotatable bonds is 10. The third kappa shape index (κ3) is 13.9. The minimum atomic E-state index is -2.94. The summed E-state index contributed by atoms with van der Waals surface area (Å²) in [5, 5.41) is 6.47. The van der Waals surface area contributed by atoms with Crippen LogP contribution in [0.4, 0.5) is 0 Å². The summed E-state index contributed by atoms with van der Waals surface area (Å²) in [5.41, 5.74) is 0. The molecule has 0 aliphatic carbocycles. The second-order valence-corrected chi connectivity index (χ2v) is 8.02. The highest BCUT2D eigenvalue weighted by molar-refractivity contribution is 7.90. The lowest BCUT2D eigenvalue weighted by molar-refractivity contribution is 0.154. The Labute approximate surface area is 129 Å². The molecule has 0 radical (unpaired) electrons. The average molecular weight is 321 g/mol. The van der Waals surface area contributed by atoms with Crippen molar-refractivity contribution in [2.75, 3.05) is 38.8 Å². The molecule has 0 aromatic heterocycles. The number of hydrogen-bond donors (Lipinski definition) is 2. The first-order valence-electron chi connectivity index (χ1n) is 7.47. The smallest absolute Gasteiger partial charge is 0.191 e. The Morgan fingerprint density at radius 2 is 1.86 bits per heavy atom. The zero-order chi connectivity index (χ0) is 16.3. The maximum atomic E-state index is 10.9. The van der Waals surface area contributed by atoms with E-state index in [1.165, 1.54) is 12.7 Å². The normalized spacial score (nSPS) is 14.3. The maximum Gasteiger partial charge on any atom is 0.191 e. The van der Waals surface area contributed by atoms with Gasteiger partial charge in [0.25, 0.3) is 0 Å². The van der Waals surface area contributed by atoms with E-state index in [1.54, 1.807) is 7.05 Å². The fraction of sp³-hybridized carbons (Fsp3) is 0.929. The highest BCUT2D eigenvalue weighted by Crippen LogP contribution is 2.06. The van der Waals surface area contributed by atoms with Crippen LogP contribution in [0.1, 0.15) is 33.6 Å². The fourth-order valence-corrected chi connectivity index (χ4v) is 2.06. The van der Waals surface area contributed by atoms with Crippen molar-refractivity contribution in [2.45, 2.75) is 39.7 Å². The fourth-order valence-electron chi connectivity index (χ4n) is 1.64. The molecule has 0 heterocycles. The van der Waals surface area contributed by atoms with Crippen LogP contribution >= 0.6 is 0 Å². The highest BCUT2D eigenvalue weighted by Gasteiger charge is 2.06. The van der Waals surface area contributed by atoms with Crippen molar-refractivity contribution in [3.8, 4) is 0 Å². The Hall–Kier alpha value is -0.820. The minimum absolute atomic E-state index is 0.0617. The monoisotopic (exact) mass is 321 g/mol. The lowest BCUT2D eigenvalue weighted by Crippen LogP contribution is -2.43. The van der Waals surface area contributed by atoms with E-state index >= 15 is 0 Å². The van der Waals surface area contributed by atoms with Crippen LogP contribution in [-0.4, -0.2) is 59.2 Å². The molecular formula is C14H31N3O3S. The standard InChI is InChI=1S/C14H31N3O3S/c1-12(2)6-7-13(3)17-14(15-4)16-8-9-20-10-11-21(5,18)19/h12-13H,6-11H2,1-5H3,(H2,15,16,17). The molecule has 1 atom stereocenters. The summed E-state index contributed by atoms with van der Waals surface area (Å²) in [6.45, 7) is 7.85. The summed E-state index contributed by atoms with van der Waals surface area (Å²) in [6.07, 6.45) is 3.49. The summed E-state index contributed by atoms with van der Waals surface area (Å²) in [5.74, 6) is 1.51. The van der Waals surface area contributed by atoms with E-state index in [9.17, 15) is 8.42 Å². The first-order valence-corrected chi connectivity index (χ1v) is 9.53. The molecular weight excluding hydrogens is 290 g/mol. The van der Waals surface area contributed by atoms with Crippen LogP contribution in [0, 0.1) is 5.92 Å². The van der Waals surface area contributed by atoms with Gasteiger partial charge in [-0.15, -0.1) is 0 Å². The summed E-state index contributed by atoms with van der Waals surface area (Å²) in [4.78, 5) is 4.16. The van der Waals surface area contributed by atoms with E-state index in [1.807, 2.05) is 0 Å². The van der Waals surface area contributed by atoms with Gasteiger partial charge >= 0.3 is 0 Å². The van der Waals surface area contributed by atoms with Crippen LogP contribution in [0.25, 0.3) is 0 Å². The van der Waals surface area contributed by atoms with Crippen LogP contribution in [0.3, 0.4) is 0 Å². The summed E-state index contributed by atoms with van der Waals surface area (Å²) in [7, 11) is -1.21. The summed E-state index contributed by atoms with van der Waals surface area (Å²) < 4.78 is 27.1. The number of nitrogens with one attached hydrogen (secondary N) is 2. The molecule has 0 saturated carbocycles. The van der Waals surface area contributed by atoms with Gasteiger partial charge in [-0.3, -0.25) is 4.99 Å². The van der Waals surface area contributed by atoms with Crippen LogP contribution in [0.2, 0.25) is 0 Å². The molecule has 1 unspecified atom stereocenters. The molecule has 21 heavy (non-hydrogen) atoms. The molecule has 0 aromatic rings. The van der Waals surface area contributed by atoms with E-state index in [2.05, 4.69) is 36.4 Å². The summed E-state index contributed by atoms with van der Waals surface area (Å²) in [6, 6.07) is 0.366. The van der Waals surface area contributed by atoms with Gasteiger partial charge in [-0.1, -0.05) is 13.8 Å². The molecule has 0 aromatic carbocycles. The van der Waals surface area contributed by atoms with Gasteiger partial charge in [-0.05, 0) is 25.7 Å². The Balaban J connectivity index is 3.76. The molecule has 7 heteroatoms. The van der Waals surface area contributed by atoms with Gasteiger partial charge in [0.05, 0.1) is 19.0 Å². The Morgan fingerprint density at radius 3 is 2.38 bits per heavy atom. The van der Waals surface area contributed by atoms with E-state index in [0.29, 0.717) is 25.1 Å². The predicted octanol–water partition coefficient (Wildman–Crippen LogP) is 1.04. The topological polar surface area (TPSA) is 79.8 Å². The quantitative estimate of drug-likeness (QED) is 0.357. The molecule has 0 spiro atoms. The van der Waals surface area contributed by atoms with Gasteiger partial charge in [0.15, 0.2) is 5.96 Å². The molecule has 0 aliphatic heterocycles. The van der Waals surface area contributed by atoms with Crippen LogP contribution in [-0.2, 0) is 14.6 Å². The number of hydrogen-bond acceptors (Lipinski definition) is 4. The van der Waals surface area contributed by atoms with Gasteiger partial charge < -0.3 is 15.4 Å². The van der Waals surface area contributed by atoms with Crippen molar-refractivity contribution in [1.82, 2.24) is 10.6 Å². The molecule has 0 amide bonds. The van der Waals surface area contributed by atoms with Crippen molar-refractivity contribution in [3.05, 3.63) is 0 Å². The van der Waals surface area contributed by atoms with Gasteiger partial charge in [0.1, 0.15) is 9.84 Å². The van der Waals surface area contributed by atoms with Gasteiger partial charge in [-0.2, -0.15) is 0 Å². The third-order valence-electron chi connectivity index (χ3n) is 2.92. The number of sulfone groups is 1. The van der Waals surface area contributed by atoms with Gasteiger partial charge in [-0.25, -0.2) is 8.42 Å². The van der Waals surface area contributed by atoms with E-state index in [-0.39, 0.29) is 12.4 Å². The molecule has 0 fully saturated rings. The van der Waals surface area contributed by atoms with Gasteiger partial charge in [0, 0.05) is 25.9 Å². The molecule has 126 valence electrons. The molecule has 2 N–H and O–H groups in total. The predicted molar refractivity (Wildman–Crippen MR) is 88.6 cm³/mol. The molecule has 0 aliphatic rings. The second kappa shape index (κ2) is 10.8. The highest BCUT2D eigenvalue weighted by atomic mass is 32.2. The van der Waals surface area contributed by atoms with Crippen LogP contribution in [0.5, 0.6) is 0 Å². The number of ether oxygens (including phenoxy) is 1. The van der Waals surface area contributed by atoms with Crippen molar-refractivity contribution in [2.24, 2.45) is 10.9 Å². The van der Waals surface area contributed by atoms with E-state index in [4.69, 9.17) is 4.74 Å². The number of aliphatic imine (C=N–C) groups is 1. The maximum absolute atomic E-state index is 10.9. The van der Waals surface area contributed by atoms with Crippen molar-refractivity contribution >= 4 is 15.8 Å². The lowest BCUT2D eigenvalue weighted by atomic mass is 10.0. The second-order valence-electron chi connectivity index (χ2n) is 5.76. The molecule has 0 bridgehead atoms. The Bertz CT molecular complexity index is 394. The summed E-state index contributed by atoms with van der Waals surface area (Å²) >= 11 is 0. The van der Waals surface area contributed by atoms with Crippen LogP contribution in [0.15, 0.2) is 4.99 Å². The van der Waals surface area contributed by atoms with Crippen LogP contribution < -0.4 is 10.6 Å². The minimum Gasteiger partial charge on any atom is -0.379 e. The first-order chi connectivity index (χ1) is 9.74. The van der Waals surface area contributed by atoms with Gasteiger partial charge in [0.2, 0.25) is 0 Å². The Kier molecular flexibility index (Phi) is 10.4. The first kappa shape index (κ1) is 20.2. The number of guanidine groups is 1. The zero-order valence-electron chi connectivity index (χ0n) is 14.0. The third-order valence-corrected chi connectivity index (χ3v) is 3.83. The average Bonchev–Trinajstić information content (AvgIpc) is 2.37. The molecule has 0 rings (SSSR count). The van der Waals surface area contributed by atoms with E-state index in [0.717, 1.165) is 12.4 Å². The number of nitrogens with zero attached hydrogens (tertiary/aromatic N) is 1. The van der Waals surface area contributed by atoms with Crippen molar-refractivity contribution < 1.29 is 13.2 Å². The molecule has 0 saturated heterocycles.